The molecule has 2 atom stereocenters. The van der Waals surface area contributed by atoms with Crippen LogP contribution in [0.4, 0.5) is 0 Å². The summed E-state index contributed by atoms with van der Waals surface area (Å²) < 4.78 is 0. The van der Waals surface area contributed by atoms with E-state index in [1.165, 1.54) is 0 Å². The molecule has 2 unspecified atom stereocenters. The van der Waals surface area contributed by atoms with E-state index < -0.39 is 18.8 Å². The summed E-state index contributed by atoms with van der Waals surface area (Å²) in [5, 5.41) is 28.0. The number of benzene rings is 1. The fraction of sp³-hybridized carbons (Fsp3) is 0.417. The zero-order valence-electron chi connectivity index (χ0n) is 8.76. The Kier molecular flexibility index (Phi) is 3.05. The number of carbonyl (C=O) groups is 1. The molecule has 16 heavy (non-hydrogen) atoms. The summed E-state index contributed by atoms with van der Waals surface area (Å²) in [6.07, 6.45) is -1.29. The molecular formula is C12H14O4. The lowest BCUT2D eigenvalue weighted by molar-refractivity contribution is -0.0156. The molecule has 2 rings (SSSR count). The maximum Gasteiger partial charge on any atom is 0.163 e. The van der Waals surface area contributed by atoms with Gasteiger partial charge in [-0.15, -0.1) is 0 Å². The van der Waals surface area contributed by atoms with Crippen LogP contribution in [0.25, 0.3) is 0 Å². The van der Waals surface area contributed by atoms with E-state index in [0.29, 0.717) is 24.0 Å². The van der Waals surface area contributed by atoms with Crippen LogP contribution < -0.4 is 0 Å². The Morgan fingerprint density at radius 3 is 2.69 bits per heavy atom. The van der Waals surface area contributed by atoms with Crippen LogP contribution in [0.2, 0.25) is 0 Å². The Bertz CT molecular complexity index is 413. The Balaban J connectivity index is 2.40. The molecule has 4 nitrogen and oxygen atoms in total. The van der Waals surface area contributed by atoms with Crippen LogP contribution in [0.15, 0.2) is 18.2 Å². The molecule has 1 aliphatic rings. The zero-order chi connectivity index (χ0) is 11.7. The summed E-state index contributed by atoms with van der Waals surface area (Å²) in [4.78, 5) is 11.5. The largest absolute Gasteiger partial charge is 0.394 e. The lowest BCUT2D eigenvalue weighted by atomic mass is 9.96. The average Bonchev–Trinajstić information content (AvgIpc) is 2.69. The quantitative estimate of drug-likeness (QED) is 0.682. The summed E-state index contributed by atoms with van der Waals surface area (Å²) in [5.41, 5.74) is 1.97. The van der Waals surface area contributed by atoms with Gasteiger partial charge in [-0.25, -0.2) is 0 Å². The summed E-state index contributed by atoms with van der Waals surface area (Å²) in [6, 6.07) is 5.10. The Hall–Kier alpha value is -1.23. The van der Waals surface area contributed by atoms with Crippen LogP contribution in [0.5, 0.6) is 0 Å². The maximum atomic E-state index is 11.5. The van der Waals surface area contributed by atoms with Gasteiger partial charge >= 0.3 is 0 Å². The predicted molar refractivity (Wildman–Crippen MR) is 57.1 cm³/mol. The van der Waals surface area contributed by atoms with Crippen molar-refractivity contribution in [2.75, 3.05) is 6.61 Å². The SMILES string of the molecule is O=C1CCc2c1cccc2C(O)C(O)CO. The molecule has 0 aromatic heterocycles. The van der Waals surface area contributed by atoms with E-state index in [1.807, 2.05) is 0 Å². The highest BCUT2D eigenvalue weighted by atomic mass is 16.4. The third-order valence-electron chi connectivity index (χ3n) is 2.98. The average molecular weight is 222 g/mol. The lowest BCUT2D eigenvalue weighted by Gasteiger charge is -2.18. The molecule has 1 aliphatic carbocycles. The number of hydrogen-bond donors (Lipinski definition) is 3. The van der Waals surface area contributed by atoms with Crippen LogP contribution >= 0.6 is 0 Å². The van der Waals surface area contributed by atoms with Crippen molar-refractivity contribution >= 4 is 5.78 Å². The number of carbonyl (C=O) groups excluding carboxylic acids is 1. The monoisotopic (exact) mass is 222 g/mol. The standard InChI is InChI=1S/C12H14O4/c13-6-11(15)12(16)9-3-1-2-8-7(9)4-5-10(8)14/h1-3,11-13,15-16H,4-6H2. The summed E-state index contributed by atoms with van der Waals surface area (Å²) in [6.45, 7) is -0.501. The topological polar surface area (TPSA) is 77.8 Å². The van der Waals surface area contributed by atoms with Gasteiger partial charge in [0.05, 0.1) is 6.61 Å². The van der Waals surface area contributed by atoms with E-state index in [9.17, 15) is 15.0 Å². The molecule has 0 saturated carbocycles. The number of hydrogen-bond acceptors (Lipinski definition) is 4. The third-order valence-corrected chi connectivity index (χ3v) is 2.98. The molecule has 0 fully saturated rings. The molecule has 1 aromatic carbocycles. The van der Waals surface area contributed by atoms with Gasteiger partial charge in [-0.05, 0) is 17.5 Å². The van der Waals surface area contributed by atoms with Crippen molar-refractivity contribution < 1.29 is 20.1 Å². The van der Waals surface area contributed by atoms with Gasteiger partial charge in [-0.2, -0.15) is 0 Å². The molecule has 86 valence electrons. The zero-order valence-corrected chi connectivity index (χ0v) is 8.76. The van der Waals surface area contributed by atoms with E-state index in [-0.39, 0.29) is 5.78 Å². The lowest BCUT2D eigenvalue weighted by Crippen LogP contribution is -2.23. The minimum absolute atomic E-state index is 0.0718. The van der Waals surface area contributed by atoms with Crippen molar-refractivity contribution in [3.05, 3.63) is 34.9 Å². The van der Waals surface area contributed by atoms with Crippen LogP contribution in [0, 0.1) is 0 Å². The van der Waals surface area contributed by atoms with Gasteiger partial charge in [0.2, 0.25) is 0 Å². The first-order chi connectivity index (χ1) is 7.65. The summed E-state index contributed by atoms with van der Waals surface area (Å²) >= 11 is 0. The van der Waals surface area contributed by atoms with Crippen molar-refractivity contribution in [3.63, 3.8) is 0 Å². The molecule has 0 bridgehead atoms. The van der Waals surface area contributed by atoms with Gasteiger partial charge in [0, 0.05) is 12.0 Å². The Labute approximate surface area is 93.2 Å². The van der Waals surface area contributed by atoms with Gasteiger partial charge in [0.25, 0.3) is 0 Å². The Morgan fingerprint density at radius 2 is 2.00 bits per heavy atom. The molecule has 0 heterocycles. The summed E-state index contributed by atoms with van der Waals surface area (Å²) in [7, 11) is 0. The number of aliphatic hydroxyl groups excluding tert-OH is 3. The van der Waals surface area contributed by atoms with Crippen molar-refractivity contribution in [2.45, 2.75) is 25.0 Å². The van der Waals surface area contributed by atoms with Crippen LogP contribution in [-0.2, 0) is 6.42 Å². The van der Waals surface area contributed by atoms with Crippen molar-refractivity contribution in [3.8, 4) is 0 Å². The van der Waals surface area contributed by atoms with Gasteiger partial charge in [0.15, 0.2) is 5.78 Å². The van der Waals surface area contributed by atoms with Gasteiger partial charge in [-0.3, -0.25) is 4.79 Å². The highest BCUT2D eigenvalue weighted by molar-refractivity contribution is 6.00. The molecule has 3 N–H and O–H groups in total. The predicted octanol–water partition coefficient (Wildman–Crippen LogP) is 0.202. The molecule has 0 radical (unpaired) electrons. The van der Waals surface area contributed by atoms with Crippen LogP contribution in [0.1, 0.15) is 34.0 Å². The van der Waals surface area contributed by atoms with E-state index in [4.69, 9.17) is 5.11 Å². The second kappa shape index (κ2) is 4.33. The fourth-order valence-electron chi connectivity index (χ4n) is 2.10. The minimum atomic E-state index is -1.21. The number of aliphatic hydroxyl groups is 3. The molecule has 1 aromatic rings. The highest BCUT2D eigenvalue weighted by Crippen LogP contribution is 2.30. The first-order valence-corrected chi connectivity index (χ1v) is 5.27. The maximum absolute atomic E-state index is 11.5. The second-order valence-electron chi connectivity index (χ2n) is 3.99. The van der Waals surface area contributed by atoms with Crippen molar-refractivity contribution in [1.29, 1.82) is 0 Å². The third kappa shape index (κ3) is 1.75. The van der Waals surface area contributed by atoms with Crippen LogP contribution in [-0.4, -0.2) is 33.8 Å². The number of rotatable bonds is 3. The first-order valence-electron chi connectivity index (χ1n) is 5.27. The van der Waals surface area contributed by atoms with E-state index in [1.54, 1.807) is 18.2 Å². The molecule has 0 spiro atoms. The van der Waals surface area contributed by atoms with Crippen molar-refractivity contribution in [2.24, 2.45) is 0 Å². The van der Waals surface area contributed by atoms with E-state index in [0.717, 1.165) is 5.56 Å². The number of fused-ring (bicyclic) bond motifs is 1. The fourth-order valence-corrected chi connectivity index (χ4v) is 2.10. The molecular weight excluding hydrogens is 208 g/mol. The minimum Gasteiger partial charge on any atom is -0.394 e. The second-order valence-corrected chi connectivity index (χ2v) is 3.99. The Morgan fingerprint density at radius 1 is 1.25 bits per heavy atom. The van der Waals surface area contributed by atoms with Gasteiger partial charge in [-0.1, -0.05) is 18.2 Å². The molecule has 0 saturated heterocycles. The number of Topliss-reactive ketones (excluding diaryl/α,β-unsaturated/α-hetero) is 1. The van der Waals surface area contributed by atoms with Gasteiger partial charge < -0.3 is 15.3 Å². The smallest absolute Gasteiger partial charge is 0.163 e. The summed E-state index contributed by atoms with van der Waals surface area (Å²) in [5.74, 6) is 0.0718. The highest BCUT2D eigenvalue weighted by Gasteiger charge is 2.27. The normalized spacial score (nSPS) is 18.3. The first kappa shape index (κ1) is 11.3. The molecule has 4 heteroatoms. The van der Waals surface area contributed by atoms with Crippen LogP contribution in [0.3, 0.4) is 0 Å². The molecule has 0 amide bonds. The molecule has 0 aliphatic heterocycles. The number of ketones is 1. The van der Waals surface area contributed by atoms with Crippen molar-refractivity contribution in [1.82, 2.24) is 0 Å². The van der Waals surface area contributed by atoms with E-state index >= 15 is 0 Å². The van der Waals surface area contributed by atoms with E-state index in [2.05, 4.69) is 0 Å². The van der Waals surface area contributed by atoms with Gasteiger partial charge in [0.1, 0.15) is 12.2 Å².